The van der Waals surface area contributed by atoms with Crippen molar-refractivity contribution in [2.24, 2.45) is 0 Å². The fourth-order valence-corrected chi connectivity index (χ4v) is 2.25. The summed E-state index contributed by atoms with van der Waals surface area (Å²) in [5, 5.41) is 3.47. The van der Waals surface area contributed by atoms with E-state index in [2.05, 4.69) is 10.2 Å². The molecule has 2 aliphatic rings. The molecule has 64 valence electrons. The zero-order chi connectivity index (χ0) is 7.52. The van der Waals surface area contributed by atoms with Gasteiger partial charge >= 0.3 is 0 Å². The maximum Gasteiger partial charge on any atom is 0.0221 e. The van der Waals surface area contributed by atoms with Crippen LogP contribution in [-0.4, -0.2) is 37.1 Å². The minimum Gasteiger partial charge on any atom is -0.315 e. The molecule has 0 aromatic heterocycles. The zero-order valence-corrected chi connectivity index (χ0v) is 7.18. The number of piperidine rings is 1. The summed E-state index contributed by atoms with van der Waals surface area (Å²) >= 11 is 0. The summed E-state index contributed by atoms with van der Waals surface area (Å²) in [5.41, 5.74) is 0. The normalized spacial score (nSPS) is 34.4. The van der Waals surface area contributed by atoms with Gasteiger partial charge in [-0.2, -0.15) is 0 Å². The van der Waals surface area contributed by atoms with Gasteiger partial charge in [-0.25, -0.2) is 0 Å². The molecule has 0 radical (unpaired) electrons. The van der Waals surface area contributed by atoms with Gasteiger partial charge in [0, 0.05) is 12.6 Å². The van der Waals surface area contributed by atoms with E-state index in [-0.39, 0.29) is 0 Å². The minimum atomic E-state index is 0.867. The maximum atomic E-state index is 3.47. The van der Waals surface area contributed by atoms with Crippen LogP contribution in [0.15, 0.2) is 0 Å². The van der Waals surface area contributed by atoms with Gasteiger partial charge in [0.15, 0.2) is 0 Å². The second-order valence-corrected chi connectivity index (χ2v) is 3.74. The van der Waals surface area contributed by atoms with Crippen LogP contribution in [0.1, 0.15) is 25.7 Å². The molecule has 2 heterocycles. The van der Waals surface area contributed by atoms with E-state index in [1.165, 1.54) is 51.9 Å². The monoisotopic (exact) mass is 154 g/mol. The number of hydrogen-bond donors (Lipinski definition) is 1. The number of likely N-dealkylation sites (tertiary alicyclic amines) is 1. The average Bonchev–Trinajstić information content (AvgIpc) is 2.58. The highest BCUT2D eigenvalue weighted by Crippen LogP contribution is 2.16. The fraction of sp³-hybridized carbons (Fsp3) is 1.00. The summed E-state index contributed by atoms with van der Waals surface area (Å²) in [6.45, 7) is 5.18. The molecule has 1 unspecified atom stereocenters. The maximum absolute atomic E-state index is 3.47. The molecular formula is C9H18N2. The highest BCUT2D eigenvalue weighted by atomic mass is 15.2. The number of rotatable bonds is 1. The Kier molecular flexibility index (Phi) is 2.44. The molecule has 0 amide bonds. The van der Waals surface area contributed by atoms with Gasteiger partial charge in [-0.1, -0.05) is 0 Å². The lowest BCUT2D eigenvalue weighted by Gasteiger charge is -2.31. The highest BCUT2D eigenvalue weighted by Gasteiger charge is 2.22. The first kappa shape index (κ1) is 7.56. The van der Waals surface area contributed by atoms with Crippen molar-refractivity contribution >= 4 is 0 Å². The van der Waals surface area contributed by atoms with Crippen LogP contribution < -0.4 is 5.32 Å². The number of nitrogens with one attached hydrogen (secondary N) is 1. The summed E-state index contributed by atoms with van der Waals surface area (Å²) in [7, 11) is 0. The molecule has 2 heteroatoms. The lowest BCUT2D eigenvalue weighted by molar-refractivity contribution is 0.203. The van der Waals surface area contributed by atoms with Crippen molar-refractivity contribution in [2.75, 3.05) is 26.2 Å². The molecule has 2 fully saturated rings. The second-order valence-electron chi connectivity index (χ2n) is 3.74. The molecule has 0 spiro atoms. The third kappa shape index (κ3) is 1.74. The molecule has 0 bridgehead atoms. The summed E-state index contributed by atoms with van der Waals surface area (Å²) in [6.07, 6.45) is 5.65. The lowest BCUT2D eigenvalue weighted by atomic mass is 10.1. The molecule has 1 N–H and O–H groups in total. The molecule has 0 aliphatic carbocycles. The van der Waals surface area contributed by atoms with E-state index in [0.717, 1.165) is 6.04 Å². The smallest absolute Gasteiger partial charge is 0.0221 e. The van der Waals surface area contributed by atoms with Gasteiger partial charge in [-0.05, 0) is 45.3 Å². The lowest BCUT2D eigenvalue weighted by Crippen LogP contribution is -2.44. The van der Waals surface area contributed by atoms with E-state index in [1.807, 2.05) is 0 Å². The Bertz CT molecular complexity index is 113. The number of nitrogens with zero attached hydrogens (tertiary/aromatic N) is 1. The first-order valence-electron chi connectivity index (χ1n) is 4.91. The van der Waals surface area contributed by atoms with Crippen molar-refractivity contribution in [3.8, 4) is 0 Å². The minimum absolute atomic E-state index is 0.867. The van der Waals surface area contributed by atoms with Gasteiger partial charge in [0.25, 0.3) is 0 Å². The van der Waals surface area contributed by atoms with E-state index in [1.54, 1.807) is 0 Å². The average molecular weight is 154 g/mol. The van der Waals surface area contributed by atoms with Gasteiger partial charge < -0.3 is 5.32 Å². The summed E-state index contributed by atoms with van der Waals surface area (Å²) in [4.78, 5) is 2.66. The van der Waals surface area contributed by atoms with Crippen LogP contribution in [0, 0.1) is 0 Å². The molecule has 1 atom stereocenters. The zero-order valence-electron chi connectivity index (χ0n) is 7.18. The van der Waals surface area contributed by atoms with Crippen LogP contribution >= 0.6 is 0 Å². The van der Waals surface area contributed by atoms with Gasteiger partial charge in [0.2, 0.25) is 0 Å². The molecule has 0 aromatic rings. The molecule has 2 aliphatic heterocycles. The van der Waals surface area contributed by atoms with Crippen molar-refractivity contribution in [1.29, 1.82) is 0 Å². The first-order valence-corrected chi connectivity index (χ1v) is 4.91. The van der Waals surface area contributed by atoms with E-state index < -0.39 is 0 Å². The van der Waals surface area contributed by atoms with Crippen LogP contribution in [0.5, 0.6) is 0 Å². The van der Waals surface area contributed by atoms with E-state index in [9.17, 15) is 0 Å². The SMILES string of the molecule is C1CNCC(N2CCCC2)C1. The van der Waals surface area contributed by atoms with Crippen LogP contribution in [0.25, 0.3) is 0 Å². The molecular weight excluding hydrogens is 136 g/mol. The topological polar surface area (TPSA) is 15.3 Å². The van der Waals surface area contributed by atoms with Gasteiger partial charge in [-0.15, -0.1) is 0 Å². The Balaban J connectivity index is 1.82. The molecule has 2 rings (SSSR count). The Morgan fingerprint density at radius 3 is 2.55 bits per heavy atom. The van der Waals surface area contributed by atoms with Crippen molar-refractivity contribution in [2.45, 2.75) is 31.7 Å². The largest absolute Gasteiger partial charge is 0.315 e. The Labute approximate surface area is 69.0 Å². The van der Waals surface area contributed by atoms with Crippen LogP contribution in [0.3, 0.4) is 0 Å². The van der Waals surface area contributed by atoms with Crippen molar-refractivity contribution in [1.82, 2.24) is 10.2 Å². The summed E-state index contributed by atoms with van der Waals surface area (Å²) in [5.74, 6) is 0. The second kappa shape index (κ2) is 3.55. The third-order valence-electron chi connectivity index (χ3n) is 2.93. The van der Waals surface area contributed by atoms with Crippen molar-refractivity contribution in [3.63, 3.8) is 0 Å². The molecule has 11 heavy (non-hydrogen) atoms. The van der Waals surface area contributed by atoms with Crippen molar-refractivity contribution in [3.05, 3.63) is 0 Å². The quantitative estimate of drug-likeness (QED) is 0.602. The molecule has 2 saturated heterocycles. The molecule has 0 aromatic carbocycles. The Hall–Kier alpha value is -0.0800. The van der Waals surface area contributed by atoms with E-state index in [0.29, 0.717) is 0 Å². The standard InChI is InChI=1S/C9H18N2/c1-2-7-11(6-1)9-4-3-5-10-8-9/h9-10H,1-8H2. The molecule has 2 nitrogen and oxygen atoms in total. The summed E-state index contributed by atoms with van der Waals surface area (Å²) < 4.78 is 0. The fourth-order valence-electron chi connectivity index (χ4n) is 2.25. The van der Waals surface area contributed by atoms with Gasteiger partial charge in [0.05, 0.1) is 0 Å². The Morgan fingerprint density at radius 1 is 1.09 bits per heavy atom. The van der Waals surface area contributed by atoms with E-state index in [4.69, 9.17) is 0 Å². The number of hydrogen-bond acceptors (Lipinski definition) is 2. The third-order valence-corrected chi connectivity index (χ3v) is 2.93. The van der Waals surface area contributed by atoms with Gasteiger partial charge in [0.1, 0.15) is 0 Å². The van der Waals surface area contributed by atoms with E-state index >= 15 is 0 Å². The molecule has 0 saturated carbocycles. The first-order chi connectivity index (χ1) is 5.47. The van der Waals surface area contributed by atoms with Gasteiger partial charge in [-0.3, -0.25) is 4.90 Å². The predicted octanol–water partition coefficient (Wildman–Crippen LogP) is 0.834. The van der Waals surface area contributed by atoms with Crippen LogP contribution in [-0.2, 0) is 0 Å². The highest BCUT2D eigenvalue weighted by molar-refractivity contribution is 4.80. The predicted molar refractivity (Wildman–Crippen MR) is 46.7 cm³/mol. The van der Waals surface area contributed by atoms with Crippen LogP contribution in [0.4, 0.5) is 0 Å². The summed E-state index contributed by atoms with van der Waals surface area (Å²) in [6, 6.07) is 0.867. The Morgan fingerprint density at radius 2 is 1.91 bits per heavy atom. The van der Waals surface area contributed by atoms with Crippen LogP contribution in [0.2, 0.25) is 0 Å². The van der Waals surface area contributed by atoms with Crippen molar-refractivity contribution < 1.29 is 0 Å².